The van der Waals surface area contributed by atoms with Gasteiger partial charge in [-0.2, -0.15) is 10.1 Å². The van der Waals surface area contributed by atoms with Crippen molar-refractivity contribution in [1.29, 1.82) is 0 Å². The molecule has 2 fully saturated rings. The average molecular weight is 640 g/mol. The lowest BCUT2D eigenvalue weighted by Crippen LogP contribution is -2.39. The van der Waals surface area contributed by atoms with Gasteiger partial charge in [-0.05, 0) is 48.8 Å². The first kappa shape index (κ1) is 31.2. The molecular weight excluding hydrogens is 598 g/mol. The molecule has 1 saturated carbocycles. The maximum absolute atomic E-state index is 14.4. The van der Waals surface area contributed by atoms with Gasteiger partial charge in [0.15, 0.2) is 5.82 Å². The highest BCUT2D eigenvalue weighted by Crippen LogP contribution is 2.32. The fraction of sp³-hybridized carbons (Fsp3) is 0.457. The van der Waals surface area contributed by atoms with Crippen molar-refractivity contribution in [2.24, 2.45) is 0 Å². The average Bonchev–Trinajstić information content (AvgIpc) is 3.77. The van der Waals surface area contributed by atoms with E-state index < -0.39 is 5.76 Å². The maximum atomic E-state index is 14.4. The van der Waals surface area contributed by atoms with Gasteiger partial charge in [-0.25, -0.2) is 9.31 Å². The van der Waals surface area contributed by atoms with Crippen molar-refractivity contribution in [3.05, 3.63) is 92.6 Å². The van der Waals surface area contributed by atoms with Crippen LogP contribution in [0.5, 0.6) is 0 Å². The lowest BCUT2D eigenvalue weighted by atomic mass is 9.92. The molecule has 4 heterocycles. The monoisotopic (exact) mass is 639 g/mol. The predicted octanol–water partition coefficient (Wildman–Crippen LogP) is 4.28. The standard InChI is InChI=1S/C35H41N7O5/c1-2-5-31-30(22-24-8-10-25(11-9-24)28-6-3-4-7-29(28)32-38-35(44)47-39-32)33(43)41(34-36-23-37-42(31)34)26-12-14-27(15-13-26)46-21-18-40-16-19-45-20-17-40/h3-4,6-11,23,26-27H,2,5,12-22H2,1H3,(H,38,39,44). The third-order valence-electron chi connectivity index (χ3n) is 9.45. The van der Waals surface area contributed by atoms with Crippen LogP contribution in [0.1, 0.15) is 61.9 Å². The van der Waals surface area contributed by atoms with E-state index in [9.17, 15) is 9.59 Å². The third kappa shape index (κ3) is 6.71. The highest BCUT2D eigenvalue weighted by molar-refractivity contribution is 5.80. The normalized spacial score (nSPS) is 19.0. The van der Waals surface area contributed by atoms with Gasteiger partial charge in [-0.1, -0.05) is 67.0 Å². The second-order valence-electron chi connectivity index (χ2n) is 12.4. The maximum Gasteiger partial charge on any atom is 0.439 e. The number of aryl methyl sites for hydroxylation is 1. The van der Waals surface area contributed by atoms with Gasteiger partial charge in [0.1, 0.15) is 6.33 Å². The summed E-state index contributed by atoms with van der Waals surface area (Å²) in [5.41, 5.74) is 5.40. The molecule has 246 valence electrons. The lowest BCUT2D eigenvalue weighted by Gasteiger charge is -2.31. The topological polar surface area (TPSA) is 133 Å². The molecule has 1 aliphatic heterocycles. The fourth-order valence-electron chi connectivity index (χ4n) is 7.01. The SMILES string of the molecule is CCCc1c(Cc2ccc(-c3ccccc3-c3noc(=O)[nH]3)cc2)c(=O)n(C2CCC(OCCN3CCOCC3)CC2)c2ncnn12. The molecule has 0 atom stereocenters. The number of H-pyrrole nitrogens is 1. The number of fused-ring (bicyclic) bond motifs is 1. The molecule has 1 aliphatic carbocycles. The largest absolute Gasteiger partial charge is 0.439 e. The molecule has 1 saturated heterocycles. The van der Waals surface area contributed by atoms with E-state index in [4.69, 9.17) is 14.0 Å². The number of benzene rings is 2. The quantitative estimate of drug-likeness (QED) is 0.225. The zero-order chi connectivity index (χ0) is 32.2. The van der Waals surface area contributed by atoms with Crippen molar-refractivity contribution < 1.29 is 14.0 Å². The summed E-state index contributed by atoms with van der Waals surface area (Å²) in [6.45, 7) is 7.30. The highest BCUT2D eigenvalue weighted by atomic mass is 16.5. The summed E-state index contributed by atoms with van der Waals surface area (Å²) < 4.78 is 20.2. The summed E-state index contributed by atoms with van der Waals surface area (Å²) in [5, 5.41) is 8.48. The zero-order valence-corrected chi connectivity index (χ0v) is 26.8. The zero-order valence-electron chi connectivity index (χ0n) is 26.8. The second-order valence-corrected chi connectivity index (χ2v) is 12.4. The van der Waals surface area contributed by atoms with Gasteiger partial charge in [0.2, 0.25) is 5.78 Å². The number of hydrogen-bond donors (Lipinski definition) is 1. The van der Waals surface area contributed by atoms with E-state index in [0.717, 1.165) is 111 Å². The number of aromatic amines is 1. The molecule has 5 aromatic rings. The van der Waals surface area contributed by atoms with Crippen LogP contribution in [0.25, 0.3) is 28.3 Å². The van der Waals surface area contributed by atoms with Gasteiger partial charge in [0, 0.05) is 43.2 Å². The number of morpholine rings is 1. The first-order chi connectivity index (χ1) is 23.1. The van der Waals surface area contributed by atoms with E-state index >= 15 is 0 Å². The van der Waals surface area contributed by atoms with E-state index in [1.165, 1.54) is 0 Å². The van der Waals surface area contributed by atoms with Crippen LogP contribution in [0.3, 0.4) is 0 Å². The van der Waals surface area contributed by atoms with Gasteiger partial charge in [0.05, 0.1) is 31.6 Å². The summed E-state index contributed by atoms with van der Waals surface area (Å²) in [6, 6.07) is 16.0. The summed E-state index contributed by atoms with van der Waals surface area (Å²) in [5.74, 6) is 0.412. The Morgan fingerprint density at radius 3 is 2.47 bits per heavy atom. The molecule has 0 unspecified atom stereocenters. The Labute approximate surface area is 272 Å². The minimum Gasteiger partial charge on any atom is -0.379 e. The van der Waals surface area contributed by atoms with Crippen molar-refractivity contribution in [1.82, 2.24) is 34.2 Å². The van der Waals surface area contributed by atoms with Gasteiger partial charge in [-0.15, -0.1) is 0 Å². The van der Waals surface area contributed by atoms with Gasteiger partial charge in [-0.3, -0.25) is 23.8 Å². The summed E-state index contributed by atoms with van der Waals surface area (Å²) >= 11 is 0. The molecule has 0 amide bonds. The number of rotatable bonds is 11. The summed E-state index contributed by atoms with van der Waals surface area (Å²) in [7, 11) is 0. The Kier molecular flexibility index (Phi) is 9.41. The molecule has 0 bridgehead atoms. The smallest absolute Gasteiger partial charge is 0.379 e. The van der Waals surface area contributed by atoms with Gasteiger partial charge in [0.25, 0.3) is 5.56 Å². The molecule has 0 spiro atoms. The molecule has 1 N–H and O–H groups in total. The van der Waals surface area contributed by atoms with Crippen LogP contribution in [0.15, 0.2) is 69.0 Å². The summed E-state index contributed by atoms with van der Waals surface area (Å²) in [4.78, 5) is 35.6. The summed E-state index contributed by atoms with van der Waals surface area (Å²) in [6.07, 6.45) is 7.43. The number of hydrogen-bond acceptors (Lipinski definition) is 9. The Morgan fingerprint density at radius 2 is 1.74 bits per heavy atom. The highest BCUT2D eigenvalue weighted by Gasteiger charge is 2.28. The van der Waals surface area contributed by atoms with Gasteiger partial charge < -0.3 is 9.47 Å². The minimum atomic E-state index is -0.594. The van der Waals surface area contributed by atoms with Crippen LogP contribution >= 0.6 is 0 Å². The van der Waals surface area contributed by atoms with Crippen LogP contribution in [-0.2, 0) is 22.3 Å². The molecule has 12 nitrogen and oxygen atoms in total. The van der Waals surface area contributed by atoms with Crippen molar-refractivity contribution >= 4 is 5.78 Å². The molecular formula is C35H41N7O5. The van der Waals surface area contributed by atoms with Crippen molar-refractivity contribution in [3.63, 3.8) is 0 Å². The molecule has 12 heteroatoms. The number of nitrogens with zero attached hydrogens (tertiary/aromatic N) is 6. The molecule has 0 radical (unpaired) electrons. The Morgan fingerprint density at radius 1 is 0.979 bits per heavy atom. The molecule has 7 rings (SSSR count). The first-order valence-electron chi connectivity index (χ1n) is 16.7. The van der Waals surface area contributed by atoms with Crippen molar-refractivity contribution in [3.8, 4) is 22.5 Å². The van der Waals surface area contributed by atoms with Crippen molar-refractivity contribution in [2.75, 3.05) is 39.5 Å². The van der Waals surface area contributed by atoms with Crippen LogP contribution in [0.2, 0.25) is 0 Å². The fourth-order valence-corrected chi connectivity index (χ4v) is 7.01. The molecule has 47 heavy (non-hydrogen) atoms. The number of ether oxygens (including phenoxy) is 2. The molecule has 2 aliphatic rings. The first-order valence-corrected chi connectivity index (χ1v) is 16.7. The van der Waals surface area contributed by atoms with Crippen LogP contribution in [0, 0.1) is 0 Å². The number of nitrogens with one attached hydrogen (secondary N) is 1. The lowest BCUT2D eigenvalue weighted by molar-refractivity contribution is -0.0125. The second kappa shape index (κ2) is 14.2. The van der Waals surface area contributed by atoms with E-state index in [0.29, 0.717) is 18.0 Å². The predicted molar refractivity (Wildman–Crippen MR) is 177 cm³/mol. The third-order valence-corrected chi connectivity index (χ3v) is 9.45. The molecule has 3 aromatic heterocycles. The van der Waals surface area contributed by atoms with E-state index in [-0.39, 0.29) is 17.7 Å². The Balaban J connectivity index is 1.11. The minimum absolute atomic E-state index is 0.0232. The van der Waals surface area contributed by atoms with E-state index in [2.05, 4.69) is 44.2 Å². The Hall–Kier alpha value is -4.39. The van der Waals surface area contributed by atoms with E-state index in [1.54, 1.807) is 6.33 Å². The van der Waals surface area contributed by atoms with Crippen LogP contribution in [0.4, 0.5) is 0 Å². The van der Waals surface area contributed by atoms with Gasteiger partial charge >= 0.3 is 5.76 Å². The molecule has 2 aromatic carbocycles. The van der Waals surface area contributed by atoms with Crippen molar-refractivity contribution in [2.45, 2.75) is 64.0 Å². The number of aromatic nitrogens is 6. The Bertz CT molecular complexity index is 1910. The van der Waals surface area contributed by atoms with Crippen LogP contribution < -0.4 is 11.3 Å². The van der Waals surface area contributed by atoms with E-state index in [1.807, 2.05) is 45.5 Å². The van der Waals surface area contributed by atoms with Crippen LogP contribution in [-0.4, -0.2) is 79.8 Å².